The molecule has 1 aromatic carbocycles. The van der Waals surface area contributed by atoms with Crippen LogP contribution in [0.2, 0.25) is 0 Å². The predicted molar refractivity (Wildman–Crippen MR) is 85.2 cm³/mol. The van der Waals surface area contributed by atoms with E-state index in [1.807, 2.05) is 13.0 Å². The maximum absolute atomic E-state index is 10.8. The fraction of sp³-hybridized carbons (Fsp3) is 0.529. The number of phenolic OH excluding ortho intramolecular Hbond substituents is 1. The smallest absolute Gasteiger partial charge is 0.138 e. The molecule has 0 unspecified atom stereocenters. The van der Waals surface area contributed by atoms with Gasteiger partial charge in [-0.25, -0.2) is 9.67 Å². The number of aromatic hydroxyl groups is 1. The van der Waals surface area contributed by atoms with E-state index in [1.54, 1.807) is 11.0 Å². The van der Waals surface area contributed by atoms with E-state index in [0.717, 1.165) is 22.4 Å². The molecule has 114 valence electrons. The Morgan fingerprint density at radius 1 is 1.05 bits per heavy atom. The Hall–Kier alpha value is -1.84. The van der Waals surface area contributed by atoms with Gasteiger partial charge in [-0.2, -0.15) is 5.10 Å². The number of hydrogen-bond acceptors (Lipinski definition) is 3. The highest BCUT2D eigenvalue weighted by atomic mass is 16.3. The number of benzene rings is 1. The molecule has 1 aromatic heterocycles. The van der Waals surface area contributed by atoms with Gasteiger partial charge in [0.05, 0.1) is 5.69 Å². The highest BCUT2D eigenvalue weighted by molar-refractivity contribution is 5.59. The third-order valence-corrected chi connectivity index (χ3v) is 3.76. The monoisotopic (exact) mass is 287 g/mol. The van der Waals surface area contributed by atoms with Crippen LogP contribution in [0.15, 0.2) is 18.7 Å². The average molecular weight is 287 g/mol. The molecule has 0 radical (unpaired) electrons. The molecule has 0 saturated carbocycles. The van der Waals surface area contributed by atoms with Crippen molar-refractivity contribution in [2.24, 2.45) is 0 Å². The first-order chi connectivity index (χ1) is 9.53. The first kappa shape index (κ1) is 15.5. The Morgan fingerprint density at radius 2 is 1.67 bits per heavy atom. The number of hydrogen-bond donors (Lipinski definition) is 1. The molecule has 0 aliphatic rings. The first-order valence-corrected chi connectivity index (χ1v) is 7.26. The molecule has 0 atom stereocenters. The lowest BCUT2D eigenvalue weighted by atomic mass is 9.77. The molecule has 21 heavy (non-hydrogen) atoms. The third kappa shape index (κ3) is 2.80. The van der Waals surface area contributed by atoms with Crippen LogP contribution in [0.25, 0.3) is 5.69 Å². The van der Waals surface area contributed by atoms with Gasteiger partial charge >= 0.3 is 0 Å². The molecule has 0 bridgehead atoms. The molecule has 0 saturated heterocycles. The van der Waals surface area contributed by atoms with Crippen LogP contribution in [0.3, 0.4) is 0 Å². The van der Waals surface area contributed by atoms with Crippen molar-refractivity contribution in [1.82, 2.24) is 14.8 Å². The van der Waals surface area contributed by atoms with Gasteiger partial charge in [-0.3, -0.25) is 0 Å². The number of rotatable bonds is 1. The van der Waals surface area contributed by atoms with Gasteiger partial charge in [0.25, 0.3) is 0 Å². The second kappa shape index (κ2) is 4.86. The summed E-state index contributed by atoms with van der Waals surface area (Å²) in [6.07, 6.45) is 3.22. The lowest BCUT2D eigenvalue weighted by Crippen LogP contribution is -2.20. The lowest BCUT2D eigenvalue weighted by molar-refractivity contribution is 0.421. The van der Waals surface area contributed by atoms with Crippen molar-refractivity contribution in [1.29, 1.82) is 0 Å². The quantitative estimate of drug-likeness (QED) is 0.866. The van der Waals surface area contributed by atoms with Crippen LogP contribution in [0.1, 0.15) is 58.2 Å². The minimum atomic E-state index is -0.148. The Morgan fingerprint density at radius 3 is 2.10 bits per heavy atom. The minimum Gasteiger partial charge on any atom is -0.507 e. The van der Waals surface area contributed by atoms with Gasteiger partial charge in [0, 0.05) is 11.1 Å². The first-order valence-electron chi connectivity index (χ1n) is 7.26. The van der Waals surface area contributed by atoms with Crippen molar-refractivity contribution in [3.63, 3.8) is 0 Å². The zero-order valence-corrected chi connectivity index (χ0v) is 14.0. The second-order valence-electron chi connectivity index (χ2n) is 7.63. The summed E-state index contributed by atoms with van der Waals surface area (Å²) in [6.45, 7) is 14.7. The summed E-state index contributed by atoms with van der Waals surface area (Å²) in [4.78, 5) is 4.04. The largest absolute Gasteiger partial charge is 0.507 e. The van der Waals surface area contributed by atoms with Crippen LogP contribution < -0.4 is 0 Å². The van der Waals surface area contributed by atoms with E-state index in [4.69, 9.17) is 0 Å². The zero-order valence-electron chi connectivity index (χ0n) is 14.0. The van der Waals surface area contributed by atoms with E-state index in [1.165, 1.54) is 6.33 Å². The molecule has 2 aromatic rings. The molecule has 0 amide bonds. The van der Waals surface area contributed by atoms with Gasteiger partial charge in [0.2, 0.25) is 0 Å². The summed E-state index contributed by atoms with van der Waals surface area (Å²) in [6, 6.07) is 2.02. The van der Waals surface area contributed by atoms with E-state index in [0.29, 0.717) is 5.75 Å². The van der Waals surface area contributed by atoms with Crippen molar-refractivity contribution in [2.45, 2.75) is 59.3 Å². The van der Waals surface area contributed by atoms with Crippen molar-refractivity contribution < 1.29 is 5.11 Å². The topological polar surface area (TPSA) is 50.9 Å². The summed E-state index contributed by atoms with van der Waals surface area (Å²) in [5.41, 5.74) is 3.63. The van der Waals surface area contributed by atoms with Gasteiger partial charge < -0.3 is 5.11 Å². The van der Waals surface area contributed by atoms with Crippen LogP contribution >= 0.6 is 0 Å². The van der Waals surface area contributed by atoms with Gasteiger partial charge in [0.15, 0.2) is 0 Å². The lowest BCUT2D eigenvalue weighted by Gasteiger charge is -2.30. The van der Waals surface area contributed by atoms with E-state index < -0.39 is 0 Å². The van der Waals surface area contributed by atoms with Crippen molar-refractivity contribution >= 4 is 0 Å². The molecule has 0 fully saturated rings. The molecule has 0 aliphatic carbocycles. The molecule has 4 heteroatoms. The third-order valence-electron chi connectivity index (χ3n) is 3.76. The normalized spacial score (nSPS) is 12.7. The Bertz CT molecular complexity index is 644. The summed E-state index contributed by atoms with van der Waals surface area (Å²) < 4.78 is 1.76. The Balaban J connectivity index is 2.86. The van der Waals surface area contributed by atoms with Crippen molar-refractivity contribution in [3.8, 4) is 11.4 Å². The van der Waals surface area contributed by atoms with Crippen LogP contribution in [0.4, 0.5) is 0 Å². The second-order valence-corrected chi connectivity index (χ2v) is 7.63. The fourth-order valence-corrected chi connectivity index (χ4v) is 2.81. The highest BCUT2D eigenvalue weighted by Gasteiger charge is 2.29. The summed E-state index contributed by atoms with van der Waals surface area (Å²) in [7, 11) is 0. The fourth-order valence-electron chi connectivity index (χ4n) is 2.81. The summed E-state index contributed by atoms with van der Waals surface area (Å²) in [5.74, 6) is 0.399. The van der Waals surface area contributed by atoms with Gasteiger partial charge in [-0.15, -0.1) is 0 Å². The molecule has 1 N–H and O–H groups in total. The zero-order chi connectivity index (χ0) is 16.0. The van der Waals surface area contributed by atoms with Crippen LogP contribution in [-0.2, 0) is 10.8 Å². The Labute approximate surface area is 126 Å². The molecule has 0 aliphatic heterocycles. The summed E-state index contributed by atoms with van der Waals surface area (Å²) in [5, 5.41) is 15.1. The van der Waals surface area contributed by atoms with Gasteiger partial charge in [0.1, 0.15) is 18.4 Å². The van der Waals surface area contributed by atoms with Crippen molar-refractivity contribution in [3.05, 3.63) is 35.4 Å². The summed E-state index contributed by atoms with van der Waals surface area (Å²) >= 11 is 0. The maximum Gasteiger partial charge on any atom is 0.138 e. The predicted octanol–water partition coefficient (Wildman–Crippen LogP) is 3.88. The van der Waals surface area contributed by atoms with E-state index in [2.05, 4.69) is 51.6 Å². The molecule has 4 nitrogen and oxygen atoms in total. The number of phenols is 1. The highest BCUT2D eigenvalue weighted by Crippen LogP contribution is 2.42. The standard InChI is InChI=1S/C17H25N3O/c1-11-13(20-10-18-9-19-20)8-12(16(2,3)4)15(21)14(11)17(5,6)7/h8-10,21H,1-7H3. The SMILES string of the molecule is Cc1c(-n2cncn2)cc(C(C)(C)C)c(O)c1C(C)(C)C. The van der Waals surface area contributed by atoms with Gasteiger partial charge in [-0.1, -0.05) is 41.5 Å². The van der Waals surface area contributed by atoms with Crippen molar-refractivity contribution in [2.75, 3.05) is 0 Å². The number of nitrogens with zero attached hydrogens (tertiary/aromatic N) is 3. The van der Waals surface area contributed by atoms with Gasteiger partial charge in [-0.05, 0) is 29.4 Å². The Kier molecular flexibility index (Phi) is 3.60. The molecular formula is C17H25N3O. The molecule has 2 rings (SSSR count). The molecule has 1 heterocycles. The molecule has 0 spiro atoms. The van der Waals surface area contributed by atoms with Crippen LogP contribution in [0.5, 0.6) is 5.75 Å². The van der Waals surface area contributed by atoms with Crippen LogP contribution in [-0.4, -0.2) is 19.9 Å². The number of aromatic nitrogens is 3. The molecular weight excluding hydrogens is 262 g/mol. The van der Waals surface area contributed by atoms with Crippen LogP contribution in [0, 0.1) is 6.92 Å². The van der Waals surface area contributed by atoms with E-state index >= 15 is 0 Å². The van der Waals surface area contributed by atoms with E-state index in [-0.39, 0.29) is 10.8 Å². The minimum absolute atomic E-state index is 0.146. The maximum atomic E-state index is 10.8. The van der Waals surface area contributed by atoms with E-state index in [9.17, 15) is 5.11 Å². The average Bonchev–Trinajstić information content (AvgIpc) is 2.78.